The van der Waals surface area contributed by atoms with Gasteiger partial charge in [0.25, 0.3) is 0 Å². The standard InChI is InChI=1S/C14H18S2/c1-9(2)11-5-7-13(15-11)14-8-6-12(16-14)10(3)4/h5-10H,1-4H3. The Hall–Kier alpha value is -0.600. The zero-order valence-electron chi connectivity index (χ0n) is 10.3. The summed E-state index contributed by atoms with van der Waals surface area (Å²) in [6, 6.07) is 9.05. The molecule has 2 heteroatoms. The smallest absolute Gasteiger partial charge is 0.0445 e. The van der Waals surface area contributed by atoms with Gasteiger partial charge in [-0.05, 0) is 36.1 Å². The largest absolute Gasteiger partial charge is 0.139 e. The van der Waals surface area contributed by atoms with E-state index in [0.717, 1.165) is 0 Å². The molecule has 2 rings (SSSR count). The molecule has 0 atom stereocenters. The Morgan fingerprint density at radius 1 is 0.688 bits per heavy atom. The second-order valence-corrected chi connectivity index (χ2v) is 6.94. The zero-order valence-corrected chi connectivity index (χ0v) is 11.9. The van der Waals surface area contributed by atoms with Gasteiger partial charge in [-0.1, -0.05) is 27.7 Å². The van der Waals surface area contributed by atoms with Gasteiger partial charge in [-0.3, -0.25) is 0 Å². The Bertz CT molecular complexity index is 416. The number of rotatable bonds is 3. The zero-order chi connectivity index (χ0) is 11.7. The van der Waals surface area contributed by atoms with Crippen molar-refractivity contribution < 1.29 is 0 Å². The van der Waals surface area contributed by atoms with Gasteiger partial charge in [0.15, 0.2) is 0 Å². The predicted octanol–water partition coefficient (Wildman–Crippen LogP) is 5.72. The van der Waals surface area contributed by atoms with Gasteiger partial charge in [0.05, 0.1) is 0 Å². The van der Waals surface area contributed by atoms with E-state index in [-0.39, 0.29) is 0 Å². The summed E-state index contributed by atoms with van der Waals surface area (Å²) in [5.74, 6) is 1.28. The first-order valence-corrected chi connectivity index (χ1v) is 7.41. The molecule has 2 aromatic rings. The van der Waals surface area contributed by atoms with Crippen LogP contribution in [0.15, 0.2) is 24.3 Å². The van der Waals surface area contributed by atoms with Crippen molar-refractivity contribution in [3.05, 3.63) is 34.0 Å². The fourth-order valence-electron chi connectivity index (χ4n) is 1.59. The van der Waals surface area contributed by atoms with Crippen LogP contribution in [0.25, 0.3) is 9.75 Å². The third-order valence-electron chi connectivity index (χ3n) is 2.63. The summed E-state index contributed by atoms with van der Waals surface area (Å²) in [6.07, 6.45) is 0. The first-order chi connectivity index (χ1) is 7.58. The van der Waals surface area contributed by atoms with E-state index in [4.69, 9.17) is 0 Å². The minimum absolute atomic E-state index is 0.642. The van der Waals surface area contributed by atoms with Crippen LogP contribution >= 0.6 is 22.7 Å². The van der Waals surface area contributed by atoms with Gasteiger partial charge in [0, 0.05) is 19.5 Å². The van der Waals surface area contributed by atoms with Crippen molar-refractivity contribution in [1.82, 2.24) is 0 Å². The van der Waals surface area contributed by atoms with Crippen LogP contribution in [0.1, 0.15) is 49.3 Å². The Morgan fingerprint density at radius 2 is 1.06 bits per heavy atom. The molecule has 86 valence electrons. The van der Waals surface area contributed by atoms with Gasteiger partial charge in [-0.2, -0.15) is 0 Å². The molecule has 2 heterocycles. The maximum absolute atomic E-state index is 2.26. The summed E-state index contributed by atoms with van der Waals surface area (Å²) in [5.41, 5.74) is 0. The van der Waals surface area contributed by atoms with Crippen molar-refractivity contribution in [3.63, 3.8) is 0 Å². The first kappa shape index (κ1) is 11.9. The molecule has 2 aromatic heterocycles. The second kappa shape index (κ2) is 4.72. The van der Waals surface area contributed by atoms with Crippen LogP contribution in [0, 0.1) is 0 Å². The third kappa shape index (κ3) is 2.38. The predicted molar refractivity (Wildman–Crippen MR) is 75.8 cm³/mol. The van der Waals surface area contributed by atoms with Crippen molar-refractivity contribution in [2.75, 3.05) is 0 Å². The van der Waals surface area contributed by atoms with E-state index < -0.39 is 0 Å². The van der Waals surface area contributed by atoms with Crippen LogP contribution in [-0.2, 0) is 0 Å². The molecule has 0 unspecified atom stereocenters. The van der Waals surface area contributed by atoms with Crippen molar-refractivity contribution in [2.24, 2.45) is 0 Å². The number of hydrogen-bond acceptors (Lipinski definition) is 2. The molecule has 0 amide bonds. The van der Waals surface area contributed by atoms with Crippen molar-refractivity contribution in [3.8, 4) is 9.75 Å². The molecule has 0 nitrogen and oxygen atoms in total. The van der Waals surface area contributed by atoms with Gasteiger partial charge >= 0.3 is 0 Å². The third-order valence-corrected chi connectivity index (χ3v) is 5.60. The molecule has 0 bridgehead atoms. The lowest BCUT2D eigenvalue weighted by Gasteiger charge is -1.98. The van der Waals surface area contributed by atoms with Crippen LogP contribution in [0.4, 0.5) is 0 Å². The van der Waals surface area contributed by atoms with Gasteiger partial charge in [-0.25, -0.2) is 0 Å². The minimum atomic E-state index is 0.642. The molecule has 0 aromatic carbocycles. The summed E-state index contributed by atoms with van der Waals surface area (Å²) < 4.78 is 0. The Balaban J connectivity index is 2.28. The monoisotopic (exact) mass is 250 g/mol. The van der Waals surface area contributed by atoms with Crippen LogP contribution in [0.5, 0.6) is 0 Å². The van der Waals surface area contributed by atoms with Crippen LogP contribution < -0.4 is 0 Å². The molecule has 0 aliphatic carbocycles. The van der Waals surface area contributed by atoms with Crippen molar-refractivity contribution in [2.45, 2.75) is 39.5 Å². The maximum Gasteiger partial charge on any atom is 0.0445 e. The molecule has 0 fully saturated rings. The van der Waals surface area contributed by atoms with Gasteiger partial charge in [0.2, 0.25) is 0 Å². The summed E-state index contributed by atoms with van der Waals surface area (Å²) >= 11 is 3.86. The lowest BCUT2D eigenvalue weighted by atomic mass is 10.2. The summed E-state index contributed by atoms with van der Waals surface area (Å²) in [7, 11) is 0. The molecule has 16 heavy (non-hydrogen) atoms. The average molecular weight is 250 g/mol. The highest BCUT2D eigenvalue weighted by molar-refractivity contribution is 7.22. The van der Waals surface area contributed by atoms with Gasteiger partial charge < -0.3 is 0 Å². The van der Waals surface area contributed by atoms with Crippen LogP contribution in [-0.4, -0.2) is 0 Å². The number of thiophene rings is 2. The van der Waals surface area contributed by atoms with E-state index >= 15 is 0 Å². The summed E-state index contributed by atoms with van der Waals surface area (Å²) in [5, 5.41) is 0. The lowest BCUT2D eigenvalue weighted by Crippen LogP contribution is -1.77. The molecular weight excluding hydrogens is 232 g/mol. The summed E-state index contributed by atoms with van der Waals surface area (Å²) in [6.45, 7) is 9.01. The van der Waals surface area contributed by atoms with E-state index in [1.807, 2.05) is 22.7 Å². The van der Waals surface area contributed by atoms with Crippen LogP contribution in [0.3, 0.4) is 0 Å². The summed E-state index contributed by atoms with van der Waals surface area (Å²) in [4.78, 5) is 5.80. The normalized spacial score (nSPS) is 11.6. The first-order valence-electron chi connectivity index (χ1n) is 5.77. The molecular formula is C14H18S2. The fraction of sp³-hybridized carbons (Fsp3) is 0.429. The average Bonchev–Trinajstić information content (AvgIpc) is 2.86. The Morgan fingerprint density at radius 3 is 1.31 bits per heavy atom. The molecule has 0 radical (unpaired) electrons. The van der Waals surface area contributed by atoms with E-state index in [2.05, 4.69) is 52.0 Å². The molecule has 0 aliphatic rings. The molecule has 0 N–H and O–H groups in total. The highest BCUT2D eigenvalue weighted by Crippen LogP contribution is 2.37. The van der Waals surface area contributed by atoms with Crippen molar-refractivity contribution >= 4 is 22.7 Å². The lowest BCUT2D eigenvalue weighted by molar-refractivity contribution is 0.890. The Labute approximate surface area is 106 Å². The minimum Gasteiger partial charge on any atom is -0.139 e. The number of hydrogen-bond donors (Lipinski definition) is 0. The highest BCUT2D eigenvalue weighted by atomic mass is 32.1. The molecule has 0 saturated carbocycles. The highest BCUT2D eigenvalue weighted by Gasteiger charge is 2.09. The van der Waals surface area contributed by atoms with E-state index in [1.54, 1.807) is 0 Å². The topological polar surface area (TPSA) is 0 Å². The SMILES string of the molecule is CC(C)c1ccc(-c2ccc(C(C)C)s2)s1. The molecule has 0 aliphatic heterocycles. The fourth-order valence-corrected chi connectivity index (χ4v) is 3.70. The van der Waals surface area contributed by atoms with E-state index in [0.29, 0.717) is 11.8 Å². The second-order valence-electron chi connectivity index (χ2n) is 4.71. The van der Waals surface area contributed by atoms with Crippen LogP contribution in [0.2, 0.25) is 0 Å². The van der Waals surface area contributed by atoms with Gasteiger partial charge in [-0.15, -0.1) is 22.7 Å². The van der Waals surface area contributed by atoms with E-state index in [9.17, 15) is 0 Å². The Kier molecular flexibility index (Phi) is 3.50. The van der Waals surface area contributed by atoms with Crippen molar-refractivity contribution in [1.29, 1.82) is 0 Å². The van der Waals surface area contributed by atoms with Gasteiger partial charge in [0.1, 0.15) is 0 Å². The molecule has 0 saturated heterocycles. The quantitative estimate of drug-likeness (QED) is 0.653. The molecule has 0 spiro atoms. The van der Waals surface area contributed by atoms with E-state index in [1.165, 1.54) is 19.5 Å². The maximum atomic E-state index is 2.26.